The number of nitrogens with zero attached hydrogens (tertiary/aromatic N) is 2. The molecule has 1 aromatic heterocycles. The fourth-order valence-corrected chi connectivity index (χ4v) is 3.91. The molecule has 1 aliphatic heterocycles. The van der Waals surface area contributed by atoms with Crippen LogP contribution < -0.4 is 10.2 Å². The molecule has 0 bridgehead atoms. The maximum Gasteiger partial charge on any atom is 0.200 e. The molecule has 0 atom stereocenters. The molecule has 1 saturated heterocycles. The highest BCUT2D eigenvalue weighted by atomic mass is 79.9. The zero-order valence-electron chi connectivity index (χ0n) is 16.6. The van der Waals surface area contributed by atoms with E-state index in [1.165, 1.54) is 6.26 Å². The molecule has 0 spiro atoms. The van der Waals surface area contributed by atoms with Crippen LogP contribution in [0.4, 0.5) is 0 Å². The predicted molar refractivity (Wildman–Crippen MR) is 120 cm³/mol. The quantitative estimate of drug-likeness (QED) is 0.554. The molecule has 0 amide bonds. The Morgan fingerprint density at radius 3 is 2.48 bits per heavy atom. The van der Waals surface area contributed by atoms with Gasteiger partial charge in [-0.2, -0.15) is 0 Å². The second-order valence-electron chi connectivity index (χ2n) is 7.27. The standard InChI is InChI=1S/C23H25BrN2O3/c1-2-25-9-11-26(12-10-25)13-14-28-19-7-8-20-22(15-19)29-16-21(23(20)27)17-3-5-18(24)6-4-17/h3-8,15-16H,2,9-14H2,1H3. The summed E-state index contributed by atoms with van der Waals surface area (Å²) in [6, 6.07) is 13.1. The van der Waals surface area contributed by atoms with E-state index in [0.29, 0.717) is 23.1 Å². The molecule has 1 fully saturated rings. The Morgan fingerprint density at radius 2 is 1.76 bits per heavy atom. The van der Waals surface area contributed by atoms with Gasteiger partial charge in [-0.3, -0.25) is 9.69 Å². The number of likely N-dealkylation sites (N-methyl/N-ethyl adjacent to an activating group) is 1. The number of hydrogen-bond acceptors (Lipinski definition) is 5. The van der Waals surface area contributed by atoms with Crippen LogP contribution in [-0.2, 0) is 0 Å². The summed E-state index contributed by atoms with van der Waals surface area (Å²) in [5, 5.41) is 0.563. The molecule has 1 aliphatic rings. The number of piperazine rings is 1. The van der Waals surface area contributed by atoms with Crippen molar-refractivity contribution in [3.63, 3.8) is 0 Å². The summed E-state index contributed by atoms with van der Waals surface area (Å²) in [4.78, 5) is 17.8. The first-order chi connectivity index (χ1) is 14.1. The lowest BCUT2D eigenvalue weighted by molar-refractivity contribution is 0.121. The maximum atomic E-state index is 12.9. The van der Waals surface area contributed by atoms with Crippen molar-refractivity contribution in [2.75, 3.05) is 45.9 Å². The van der Waals surface area contributed by atoms with E-state index < -0.39 is 0 Å². The van der Waals surface area contributed by atoms with Gasteiger partial charge >= 0.3 is 0 Å². The molecule has 0 saturated carbocycles. The normalized spacial score (nSPS) is 15.7. The Bertz CT molecular complexity index is 1020. The molecule has 29 heavy (non-hydrogen) atoms. The predicted octanol–water partition coefficient (Wildman–Crippen LogP) is 4.24. The molecule has 152 valence electrons. The molecular weight excluding hydrogens is 432 g/mol. The Balaban J connectivity index is 1.42. The number of rotatable bonds is 6. The van der Waals surface area contributed by atoms with E-state index in [9.17, 15) is 4.79 Å². The number of fused-ring (bicyclic) bond motifs is 1. The number of ether oxygens (including phenoxy) is 1. The fraction of sp³-hybridized carbons (Fsp3) is 0.348. The summed E-state index contributed by atoms with van der Waals surface area (Å²) < 4.78 is 12.6. The van der Waals surface area contributed by atoms with Crippen LogP contribution in [0.2, 0.25) is 0 Å². The molecule has 5 nitrogen and oxygen atoms in total. The second-order valence-corrected chi connectivity index (χ2v) is 8.18. The zero-order chi connectivity index (χ0) is 20.2. The molecule has 0 radical (unpaired) electrons. The van der Waals surface area contributed by atoms with Gasteiger partial charge in [0.25, 0.3) is 0 Å². The van der Waals surface area contributed by atoms with Gasteiger partial charge < -0.3 is 14.1 Å². The van der Waals surface area contributed by atoms with Crippen LogP contribution in [0.3, 0.4) is 0 Å². The van der Waals surface area contributed by atoms with E-state index >= 15 is 0 Å². The molecule has 3 aromatic rings. The largest absolute Gasteiger partial charge is 0.492 e. The summed E-state index contributed by atoms with van der Waals surface area (Å²) in [6.45, 7) is 9.28. The monoisotopic (exact) mass is 456 g/mol. The fourth-order valence-electron chi connectivity index (χ4n) is 3.65. The number of benzene rings is 2. The Labute approximate surface area is 179 Å². The number of halogens is 1. The molecule has 0 aliphatic carbocycles. The first-order valence-corrected chi connectivity index (χ1v) is 10.8. The Morgan fingerprint density at radius 1 is 1.03 bits per heavy atom. The van der Waals surface area contributed by atoms with Gasteiger partial charge in [-0.25, -0.2) is 0 Å². The van der Waals surface area contributed by atoms with Crippen molar-refractivity contribution in [2.24, 2.45) is 0 Å². The van der Waals surface area contributed by atoms with E-state index in [1.54, 1.807) is 12.1 Å². The minimum atomic E-state index is -0.0334. The van der Waals surface area contributed by atoms with Crippen molar-refractivity contribution in [1.29, 1.82) is 0 Å². The van der Waals surface area contributed by atoms with Crippen LogP contribution in [0.5, 0.6) is 5.75 Å². The SMILES string of the molecule is CCN1CCN(CCOc2ccc3c(=O)c(-c4ccc(Br)cc4)coc3c2)CC1. The van der Waals surface area contributed by atoms with Crippen molar-refractivity contribution >= 4 is 26.9 Å². The van der Waals surface area contributed by atoms with Gasteiger partial charge in [0.2, 0.25) is 0 Å². The molecule has 2 aromatic carbocycles. The summed E-state index contributed by atoms with van der Waals surface area (Å²) in [6.07, 6.45) is 1.53. The average molecular weight is 457 g/mol. The van der Waals surface area contributed by atoms with Crippen LogP contribution in [0.1, 0.15) is 6.92 Å². The van der Waals surface area contributed by atoms with E-state index in [4.69, 9.17) is 9.15 Å². The average Bonchev–Trinajstić information content (AvgIpc) is 2.75. The Hall–Kier alpha value is -2.15. The second kappa shape index (κ2) is 9.11. The van der Waals surface area contributed by atoms with Crippen LogP contribution in [-0.4, -0.2) is 55.7 Å². The van der Waals surface area contributed by atoms with E-state index in [-0.39, 0.29) is 5.43 Å². The highest BCUT2D eigenvalue weighted by molar-refractivity contribution is 9.10. The molecule has 0 unspecified atom stereocenters. The third-order valence-electron chi connectivity index (χ3n) is 5.49. The van der Waals surface area contributed by atoms with Gasteiger partial charge in [-0.05, 0) is 36.4 Å². The summed E-state index contributed by atoms with van der Waals surface area (Å²) in [5.41, 5.74) is 1.91. The van der Waals surface area contributed by atoms with E-state index in [0.717, 1.165) is 55.1 Å². The number of hydrogen-bond donors (Lipinski definition) is 0. The van der Waals surface area contributed by atoms with Crippen molar-refractivity contribution in [2.45, 2.75) is 6.92 Å². The first kappa shape index (κ1) is 20.1. The van der Waals surface area contributed by atoms with Crippen molar-refractivity contribution in [3.05, 3.63) is 63.4 Å². The van der Waals surface area contributed by atoms with Gasteiger partial charge in [0.15, 0.2) is 5.43 Å². The van der Waals surface area contributed by atoms with E-state index in [2.05, 4.69) is 32.7 Å². The first-order valence-electron chi connectivity index (χ1n) is 10.0. The lowest BCUT2D eigenvalue weighted by atomic mass is 10.1. The van der Waals surface area contributed by atoms with Crippen molar-refractivity contribution < 1.29 is 9.15 Å². The molecule has 6 heteroatoms. The summed E-state index contributed by atoms with van der Waals surface area (Å²) >= 11 is 3.42. The lowest BCUT2D eigenvalue weighted by Crippen LogP contribution is -2.47. The summed E-state index contributed by atoms with van der Waals surface area (Å²) in [7, 11) is 0. The highest BCUT2D eigenvalue weighted by Crippen LogP contribution is 2.24. The van der Waals surface area contributed by atoms with Gasteiger partial charge in [-0.15, -0.1) is 0 Å². The Kier molecular flexibility index (Phi) is 6.33. The van der Waals surface area contributed by atoms with Crippen molar-refractivity contribution in [1.82, 2.24) is 9.80 Å². The van der Waals surface area contributed by atoms with Crippen molar-refractivity contribution in [3.8, 4) is 16.9 Å². The van der Waals surface area contributed by atoms with Gasteiger partial charge in [0.05, 0.1) is 10.9 Å². The third-order valence-corrected chi connectivity index (χ3v) is 6.02. The minimum absolute atomic E-state index is 0.0334. The van der Waals surface area contributed by atoms with Crippen LogP contribution in [0.15, 0.2) is 62.4 Å². The van der Waals surface area contributed by atoms with Gasteiger partial charge in [0.1, 0.15) is 24.2 Å². The van der Waals surface area contributed by atoms with E-state index in [1.807, 2.05) is 30.3 Å². The molecule has 4 rings (SSSR count). The molecular formula is C23H25BrN2O3. The van der Waals surface area contributed by atoms with Crippen LogP contribution >= 0.6 is 15.9 Å². The maximum absolute atomic E-state index is 12.9. The van der Waals surface area contributed by atoms with Crippen LogP contribution in [0.25, 0.3) is 22.1 Å². The smallest absolute Gasteiger partial charge is 0.200 e. The van der Waals surface area contributed by atoms with Crippen LogP contribution in [0, 0.1) is 0 Å². The third kappa shape index (κ3) is 4.71. The molecule has 2 heterocycles. The summed E-state index contributed by atoms with van der Waals surface area (Å²) in [5.74, 6) is 0.726. The highest BCUT2D eigenvalue weighted by Gasteiger charge is 2.15. The zero-order valence-corrected chi connectivity index (χ0v) is 18.2. The molecule has 0 N–H and O–H groups in total. The topological polar surface area (TPSA) is 45.9 Å². The van der Waals surface area contributed by atoms with Gasteiger partial charge in [-0.1, -0.05) is 35.0 Å². The van der Waals surface area contributed by atoms with Gasteiger partial charge in [0, 0.05) is 43.3 Å². The lowest BCUT2D eigenvalue weighted by Gasteiger charge is -2.33. The minimum Gasteiger partial charge on any atom is -0.492 e.